The average Bonchev–Trinajstić information content (AvgIpc) is 2.68. The number of carbonyl (C=O) groups is 1. The smallest absolute Gasteiger partial charge is 0.263 e. The maximum atomic E-state index is 11.7. The van der Waals surface area contributed by atoms with Crippen molar-refractivity contribution in [3.8, 4) is 5.75 Å². The Morgan fingerprint density at radius 2 is 2.37 bits per heavy atom. The third kappa shape index (κ3) is 3.38. The van der Waals surface area contributed by atoms with Crippen molar-refractivity contribution in [2.75, 3.05) is 17.7 Å². The predicted octanol–water partition coefficient (Wildman–Crippen LogP) is 1.67. The fourth-order valence-corrected chi connectivity index (χ4v) is 1.66. The summed E-state index contributed by atoms with van der Waals surface area (Å²) in [7, 11) is 1.68. The summed E-state index contributed by atoms with van der Waals surface area (Å²) < 4.78 is 6.79. The van der Waals surface area contributed by atoms with E-state index in [2.05, 4.69) is 10.4 Å². The lowest BCUT2D eigenvalue weighted by atomic mass is 10.3. The second-order valence-corrected chi connectivity index (χ2v) is 4.30. The van der Waals surface area contributed by atoms with Gasteiger partial charge in [-0.05, 0) is 18.2 Å². The molecule has 0 atom stereocenters. The molecule has 2 aromatic rings. The number of ether oxygens (including phenoxy) is 1. The number of carbonyl (C=O) groups excluding carboxylic acids is 1. The highest BCUT2D eigenvalue weighted by Gasteiger charge is 2.10. The number of aryl methyl sites for hydroxylation is 1. The molecule has 0 aliphatic rings. The number of nitrogens with zero attached hydrogens (tertiary/aromatic N) is 2. The molecule has 19 heavy (non-hydrogen) atoms. The Bertz CT molecular complexity index is 578. The number of amides is 1. The number of halogens is 1. The Morgan fingerprint density at radius 3 is 3.00 bits per heavy atom. The van der Waals surface area contributed by atoms with E-state index in [-0.39, 0.29) is 12.5 Å². The number of hydrogen-bond acceptors (Lipinski definition) is 4. The summed E-state index contributed by atoms with van der Waals surface area (Å²) in [6.45, 7) is -0.134. The Labute approximate surface area is 115 Å². The van der Waals surface area contributed by atoms with E-state index in [0.717, 1.165) is 0 Å². The van der Waals surface area contributed by atoms with Crippen LogP contribution in [0.15, 0.2) is 30.5 Å². The van der Waals surface area contributed by atoms with Crippen LogP contribution in [0.1, 0.15) is 0 Å². The van der Waals surface area contributed by atoms with Gasteiger partial charge in [-0.3, -0.25) is 9.48 Å². The molecular formula is C12H13ClN4O2. The van der Waals surface area contributed by atoms with E-state index < -0.39 is 0 Å². The largest absolute Gasteiger partial charge is 0.484 e. The van der Waals surface area contributed by atoms with Gasteiger partial charge in [0, 0.05) is 12.1 Å². The summed E-state index contributed by atoms with van der Waals surface area (Å²) in [6.07, 6.45) is 1.47. The molecule has 7 heteroatoms. The Kier molecular flexibility index (Phi) is 3.91. The molecule has 0 fully saturated rings. The second kappa shape index (κ2) is 5.62. The van der Waals surface area contributed by atoms with Crippen molar-refractivity contribution in [1.29, 1.82) is 0 Å². The molecule has 1 aromatic heterocycles. The first-order valence-corrected chi connectivity index (χ1v) is 5.90. The summed E-state index contributed by atoms with van der Waals surface area (Å²) in [6, 6.07) is 6.82. The predicted molar refractivity (Wildman–Crippen MR) is 73.2 cm³/mol. The van der Waals surface area contributed by atoms with Crippen LogP contribution >= 0.6 is 11.6 Å². The molecular weight excluding hydrogens is 268 g/mol. The normalized spacial score (nSPS) is 10.2. The first-order chi connectivity index (χ1) is 9.06. The fourth-order valence-electron chi connectivity index (χ4n) is 1.48. The van der Waals surface area contributed by atoms with Crippen LogP contribution in [0.25, 0.3) is 0 Å². The number of nitrogen functional groups attached to an aromatic ring is 1. The molecule has 100 valence electrons. The van der Waals surface area contributed by atoms with Crippen molar-refractivity contribution in [2.45, 2.75) is 0 Å². The molecule has 0 radical (unpaired) electrons. The lowest BCUT2D eigenvalue weighted by Gasteiger charge is -2.08. The molecule has 2 rings (SSSR count). The van der Waals surface area contributed by atoms with Crippen LogP contribution in [-0.4, -0.2) is 22.3 Å². The van der Waals surface area contributed by atoms with Gasteiger partial charge in [-0.1, -0.05) is 17.7 Å². The van der Waals surface area contributed by atoms with Crippen LogP contribution in [0.3, 0.4) is 0 Å². The SMILES string of the molecule is Cn1ncc(N)c1NC(=O)COc1cccc(Cl)c1. The summed E-state index contributed by atoms with van der Waals surface area (Å²) in [4.78, 5) is 11.7. The highest BCUT2D eigenvalue weighted by molar-refractivity contribution is 6.30. The topological polar surface area (TPSA) is 82.2 Å². The highest BCUT2D eigenvalue weighted by Crippen LogP contribution is 2.18. The van der Waals surface area contributed by atoms with Crippen LogP contribution in [0, 0.1) is 0 Å². The van der Waals surface area contributed by atoms with Crippen molar-refractivity contribution in [3.63, 3.8) is 0 Å². The van der Waals surface area contributed by atoms with Crippen LogP contribution in [0.5, 0.6) is 5.75 Å². The van der Waals surface area contributed by atoms with Gasteiger partial charge in [-0.2, -0.15) is 5.10 Å². The monoisotopic (exact) mass is 280 g/mol. The lowest BCUT2D eigenvalue weighted by molar-refractivity contribution is -0.118. The van der Waals surface area contributed by atoms with Crippen molar-refractivity contribution < 1.29 is 9.53 Å². The lowest BCUT2D eigenvalue weighted by Crippen LogP contribution is -2.22. The first-order valence-electron chi connectivity index (χ1n) is 5.52. The van der Waals surface area contributed by atoms with Gasteiger partial charge in [0.1, 0.15) is 5.75 Å². The molecule has 0 bridgehead atoms. The fraction of sp³-hybridized carbons (Fsp3) is 0.167. The van der Waals surface area contributed by atoms with Gasteiger partial charge < -0.3 is 15.8 Å². The van der Waals surface area contributed by atoms with E-state index in [9.17, 15) is 4.79 Å². The van der Waals surface area contributed by atoms with E-state index in [4.69, 9.17) is 22.1 Å². The first kappa shape index (κ1) is 13.2. The van der Waals surface area contributed by atoms with E-state index in [0.29, 0.717) is 22.3 Å². The Morgan fingerprint density at radius 1 is 1.58 bits per heavy atom. The molecule has 1 heterocycles. The van der Waals surface area contributed by atoms with Gasteiger partial charge in [0.05, 0.1) is 11.9 Å². The number of hydrogen-bond donors (Lipinski definition) is 2. The number of aromatic nitrogens is 2. The summed E-state index contributed by atoms with van der Waals surface area (Å²) in [5.41, 5.74) is 6.06. The number of benzene rings is 1. The summed E-state index contributed by atoms with van der Waals surface area (Å²) in [5.74, 6) is 0.649. The summed E-state index contributed by atoms with van der Waals surface area (Å²) >= 11 is 5.81. The third-order valence-electron chi connectivity index (χ3n) is 2.39. The van der Waals surface area contributed by atoms with Crippen LogP contribution < -0.4 is 15.8 Å². The maximum Gasteiger partial charge on any atom is 0.263 e. The van der Waals surface area contributed by atoms with Crippen molar-refractivity contribution >= 4 is 29.0 Å². The summed E-state index contributed by atoms with van der Waals surface area (Å²) in [5, 5.41) is 7.09. The Balaban J connectivity index is 1.92. The third-order valence-corrected chi connectivity index (χ3v) is 2.63. The molecule has 0 saturated carbocycles. The molecule has 0 aliphatic heterocycles. The minimum absolute atomic E-state index is 0.134. The molecule has 0 spiro atoms. The minimum Gasteiger partial charge on any atom is -0.484 e. The van der Waals surface area contributed by atoms with Crippen LogP contribution in [0.2, 0.25) is 5.02 Å². The van der Waals surface area contributed by atoms with Gasteiger partial charge in [0.25, 0.3) is 5.91 Å². The second-order valence-electron chi connectivity index (χ2n) is 3.87. The molecule has 1 amide bonds. The maximum absolute atomic E-state index is 11.7. The molecule has 0 unspecified atom stereocenters. The molecule has 1 aromatic carbocycles. The zero-order chi connectivity index (χ0) is 13.8. The van der Waals surface area contributed by atoms with Gasteiger partial charge in [0.2, 0.25) is 0 Å². The number of anilines is 2. The standard InChI is InChI=1S/C12H13ClN4O2/c1-17-12(10(14)6-15-17)16-11(18)7-19-9-4-2-3-8(13)5-9/h2-6H,7,14H2,1H3,(H,16,18). The van der Waals surface area contributed by atoms with Gasteiger partial charge >= 0.3 is 0 Å². The zero-order valence-electron chi connectivity index (χ0n) is 10.3. The van der Waals surface area contributed by atoms with Crippen molar-refractivity contribution in [1.82, 2.24) is 9.78 Å². The molecule has 6 nitrogen and oxygen atoms in total. The quantitative estimate of drug-likeness (QED) is 0.892. The van der Waals surface area contributed by atoms with Crippen LogP contribution in [-0.2, 0) is 11.8 Å². The van der Waals surface area contributed by atoms with E-state index in [1.54, 1.807) is 31.3 Å². The van der Waals surface area contributed by atoms with Crippen molar-refractivity contribution in [2.24, 2.45) is 7.05 Å². The van der Waals surface area contributed by atoms with Crippen molar-refractivity contribution in [3.05, 3.63) is 35.5 Å². The molecule has 0 saturated heterocycles. The van der Waals surface area contributed by atoms with Crippen LogP contribution in [0.4, 0.5) is 11.5 Å². The van der Waals surface area contributed by atoms with Gasteiger partial charge in [-0.25, -0.2) is 0 Å². The molecule has 3 N–H and O–H groups in total. The zero-order valence-corrected chi connectivity index (χ0v) is 11.0. The van der Waals surface area contributed by atoms with E-state index >= 15 is 0 Å². The highest BCUT2D eigenvalue weighted by atomic mass is 35.5. The van der Waals surface area contributed by atoms with E-state index in [1.165, 1.54) is 10.9 Å². The number of nitrogens with one attached hydrogen (secondary N) is 1. The average molecular weight is 281 g/mol. The molecule has 0 aliphatic carbocycles. The van der Waals surface area contributed by atoms with Gasteiger partial charge in [-0.15, -0.1) is 0 Å². The number of nitrogens with two attached hydrogens (primary N) is 1. The van der Waals surface area contributed by atoms with E-state index in [1.807, 2.05) is 0 Å². The minimum atomic E-state index is -0.324. The Hall–Kier alpha value is -2.21. The van der Waals surface area contributed by atoms with Gasteiger partial charge in [0.15, 0.2) is 12.4 Å². The number of rotatable bonds is 4.